The van der Waals surface area contributed by atoms with Gasteiger partial charge in [-0.15, -0.1) is 23.2 Å². The third-order valence-electron chi connectivity index (χ3n) is 9.13. The zero-order valence-corrected chi connectivity index (χ0v) is 27.8. The predicted octanol–water partition coefficient (Wildman–Crippen LogP) is 6.08. The van der Waals surface area contributed by atoms with Gasteiger partial charge in [0.15, 0.2) is 21.2 Å². The molecule has 42 heavy (non-hydrogen) atoms. The minimum atomic E-state index is -1.98. The third kappa shape index (κ3) is 3.71. The molecule has 0 aromatic heterocycles. The van der Waals surface area contributed by atoms with Gasteiger partial charge < -0.3 is 9.84 Å². The summed E-state index contributed by atoms with van der Waals surface area (Å²) in [6, 6.07) is 6.53. The number of carbonyl (C=O) groups is 4. The number of allylic oxidation sites excluding steroid dienone is 2. The number of carbonyl (C=O) groups excluding carboxylic acids is 4. The fourth-order valence-corrected chi connectivity index (χ4v) is 9.18. The summed E-state index contributed by atoms with van der Waals surface area (Å²) >= 11 is 27.7. The number of anilines is 1. The van der Waals surface area contributed by atoms with E-state index in [2.05, 4.69) is 31.9 Å². The smallest absolute Gasteiger partial charge is 0.253 e. The molecule has 0 radical (unpaired) electrons. The molecule has 6 atom stereocenters. The van der Waals surface area contributed by atoms with Crippen molar-refractivity contribution >= 4 is 96.0 Å². The van der Waals surface area contributed by atoms with Crippen LogP contribution in [0.3, 0.4) is 0 Å². The number of hydrogen-bond acceptors (Lipinski definition) is 6. The first-order valence-electron chi connectivity index (χ1n) is 13.0. The SMILES string of the molecule is COc1cc([C@H]2C3=CC[C@@H]4C(=O)N(c5ccc(C)c(Cl)c5)C(=O)[C@@H]4[C@@H]3C[C@@]3(Cl)C(=O)N(C)C(=O)[C@@]23Cl)c(Br)c(Br)c1O. The van der Waals surface area contributed by atoms with Gasteiger partial charge in [0, 0.05) is 22.5 Å². The van der Waals surface area contributed by atoms with Crippen LogP contribution >= 0.6 is 66.7 Å². The molecule has 220 valence electrons. The van der Waals surface area contributed by atoms with Gasteiger partial charge in [-0.3, -0.25) is 24.1 Å². The number of alkyl halides is 2. The molecule has 4 amide bonds. The highest BCUT2D eigenvalue weighted by molar-refractivity contribution is 9.13. The van der Waals surface area contributed by atoms with Crippen LogP contribution in [0.15, 0.2) is 44.9 Å². The quantitative estimate of drug-likeness (QED) is 0.231. The molecular weight excluding hydrogens is 738 g/mol. The molecule has 2 aliphatic heterocycles. The number of benzene rings is 2. The maximum Gasteiger partial charge on any atom is 0.253 e. The number of imide groups is 2. The molecule has 2 aliphatic carbocycles. The molecule has 6 rings (SSSR count). The van der Waals surface area contributed by atoms with Crippen molar-refractivity contribution in [1.82, 2.24) is 4.90 Å². The van der Waals surface area contributed by atoms with E-state index >= 15 is 0 Å². The highest BCUT2D eigenvalue weighted by Gasteiger charge is 2.76. The minimum absolute atomic E-state index is 0.0941. The average molecular weight is 762 g/mol. The second-order valence-electron chi connectivity index (χ2n) is 11.1. The Morgan fingerprint density at radius 2 is 1.71 bits per heavy atom. The van der Waals surface area contributed by atoms with E-state index in [0.29, 0.717) is 26.3 Å². The van der Waals surface area contributed by atoms with Crippen molar-refractivity contribution in [2.24, 2.45) is 17.8 Å². The zero-order chi connectivity index (χ0) is 30.6. The summed E-state index contributed by atoms with van der Waals surface area (Å²) in [5.74, 6) is -5.55. The lowest BCUT2D eigenvalue weighted by molar-refractivity contribution is -0.138. The predicted molar refractivity (Wildman–Crippen MR) is 164 cm³/mol. The van der Waals surface area contributed by atoms with Crippen molar-refractivity contribution in [2.45, 2.75) is 35.4 Å². The van der Waals surface area contributed by atoms with Gasteiger partial charge in [0.1, 0.15) is 0 Å². The van der Waals surface area contributed by atoms with E-state index in [9.17, 15) is 24.3 Å². The van der Waals surface area contributed by atoms with Crippen molar-refractivity contribution in [3.05, 3.63) is 61.0 Å². The number of nitrogens with zero attached hydrogens (tertiary/aromatic N) is 2. The molecule has 13 heteroatoms. The fraction of sp³-hybridized carbons (Fsp3) is 0.379. The van der Waals surface area contributed by atoms with Crippen LogP contribution in [0.5, 0.6) is 11.5 Å². The van der Waals surface area contributed by atoms with Crippen LogP contribution in [0, 0.1) is 24.7 Å². The normalized spacial score (nSPS) is 32.1. The molecule has 0 spiro atoms. The number of phenolic OH excluding ortho intramolecular Hbond substituents is 1. The summed E-state index contributed by atoms with van der Waals surface area (Å²) in [5.41, 5.74) is 2.19. The summed E-state index contributed by atoms with van der Waals surface area (Å²) < 4.78 is 6.01. The summed E-state index contributed by atoms with van der Waals surface area (Å²) in [7, 11) is 2.70. The van der Waals surface area contributed by atoms with Gasteiger partial charge in [-0.1, -0.05) is 29.3 Å². The first kappa shape index (κ1) is 29.9. The molecule has 0 bridgehead atoms. The Bertz CT molecular complexity index is 1670. The number of phenols is 1. The van der Waals surface area contributed by atoms with E-state index in [-0.39, 0.29) is 34.7 Å². The van der Waals surface area contributed by atoms with Crippen LogP contribution < -0.4 is 9.64 Å². The number of amides is 4. The first-order valence-corrected chi connectivity index (χ1v) is 15.7. The maximum atomic E-state index is 14.1. The number of fused-ring (bicyclic) bond motifs is 4. The maximum absolute atomic E-state index is 14.1. The van der Waals surface area contributed by atoms with Crippen molar-refractivity contribution in [1.29, 1.82) is 0 Å². The number of rotatable bonds is 3. The largest absolute Gasteiger partial charge is 0.503 e. The highest BCUT2D eigenvalue weighted by atomic mass is 79.9. The number of aryl methyl sites for hydroxylation is 1. The Kier molecular flexibility index (Phi) is 7.10. The molecule has 2 heterocycles. The molecule has 8 nitrogen and oxygen atoms in total. The standard InChI is InChI=1S/C29H23Br2Cl3N2O6/c1-11-4-5-12(8-17(11)32)36-24(38)14-7-6-13-16(19(14)25(36)39)10-28(33)26(40)35(2)27(41)29(28,34)20(13)15-9-18(42-3)23(37)22(31)21(15)30/h4-6,8-9,14,16,19-20,37H,7,10H2,1-3H3/t14-,16+,19-,20+,28+,29-/m0/s1. The van der Waals surface area contributed by atoms with Crippen LogP contribution in [0.1, 0.15) is 29.9 Å². The molecule has 2 saturated heterocycles. The second kappa shape index (κ2) is 9.95. The van der Waals surface area contributed by atoms with Crippen molar-refractivity contribution in [3.63, 3.8) is 0 Å². The summed E-state index contributed by atoms with van der Waals surface area (Å²) in [6.07, 6.45) is 1.91. The van der Waals surface area contributed by atoms with Gasteiger partial charge in [0.2, 0.25) is 11.8 Å². The number of hydrogen-bond donors (Lipinski definition) is 1. The number of aromatic hydroxyl groups is 1. The van der Waals surface area contributed by atoms with Gasteiger partial charge in [0.25, 0.3) is 11.8 Å². The van der Waals surface area contributed by atoms with Crippen LogP contribution in [0.25, 0.3) is 0 Å². The lowest BCUT2D eigenvalue weighted by atomic mass is 9.56. The lowest BCUT2D eigenvalue weighted by Gasteiger charge is -2.51. The molecule has 0 unspecified atom stereocenters. The Morgan fingerprint density at radius 1 is 1.02 bits per heavy atom. The van der Waals surface area contributed by atoms with Gasteiger partial charge >= 0.3 is 0 Å². The Morgan fingerprint density at radius 3 is 2.36 bits per heavy atom. The topological polar surface area (TPSA) is 104 Å². The average Bonchev–Trinajstić information content (AvgIpc) is 3.29. The molecule has 1 saturated carbocycles. The van der Waals surface area contributed by atoms with E-state index in [1.807, 2.05) is 13.0 Å². The van der Waals surface area contributed by atoms with Gasteiger partial charge in [-0.25, -0.2) is 4.90 Å². The van der Waals surface area contributed by atoms with E-state index in [1.165, 1.54) is 20.2 Å². The van der Waals surface area contributed by atoms with Gasteiger partial charge in [-0.2, -0.15) is 0 Å². The van der Waals surface area contributed by atoms with Crippen LogP contribution in [0.2, 0.25) is 5.02 Å². The second-order valence-corrected chi connectivity index (χ2v) is 14.3. The molecule has 2 aromatic rings. The molecular formula is C29H23Br2Cl3N2O6. The van der Waals surface area contributed by atoms with Crippen molar-refractivity contribution < 1.29 is 29.0 Å². The van der Waals surface area contributed by atoms with Crippen LogP contribution in [-0.2, 0) is 19.2 Å². The molecule has 2 aromatic carbocycles. The molecule has 3 fully saturated rings. The molecule has 4 aliphatic rings. The minimum Gasteiger partial charge on any atom is -0.503 e. The van der Waals surface area contributed by atoms with Gasteiger partial charge in [0.05, 0.1) is 29.1 Å². The van der Waals surface area contributed by atoms with Crippen LogP contribution in [0.4, 0.5) is 5.69 Å². The van der Waals surface area contributed by atoms with Crippen molar-refractivity contribution in [2.75, 3.05) is 19.1 Å². The number of halogens is 5. The van der Waals surface area contributed by atoms with E-state index in [0.717, 1.165) is 15.4 Å². The lowest BCUT2D eigenvalue weighted by Crippen LogP contribution is -2.60. The summed E-state index contributed by atoms with van der Waals surface area (Å²) in [6.45, 7) is 1.82. The highest BCUT2D eigenvalue weighted by Crippen LogP contribution is 2.66. The zero-order valence-electron chi connectivity index (χ0n) is 22.4. The summed E-state index contributed by atoms with van der Waals surface area (Å²) in [5, 5.41) is 11.0. The monoisotopic (exact) mass is 758 g/mol. The van der Waals surface area contributed by atoms with Gasteiger partial charge in [-0.05, 0) is 86.9 Å². The number of methoxy groups -OCH3 is 1. The summed E-state index contributed by atoms with van der Waals surface area (Å²) in [4.78, 5) is 53.5. The Labute approximate surface area is 273 Å². The third-order valence-corrected chi connectivity index (χ3v) is 13.1. The fourth-order valence-electron chi connectivity index (χ4n) is 7.04. The number of likely N-dealkylation sites (tertiary alicyclic amines) is 1. The first-order chi connectivity index (χ1) is 19.7. The molecule has 1 N–H and O–H groups in total. The van der Waals surface area contributed by atoms with E-state index in [1.54, 1.807) is 18.2 Å². The van der Waals surface area contributed by atoms with Crippen molar-refractivity contribution in [3.8, 4) is 11.5 Å². The Hall–Kier alpha value is -2.11. The van der Waals surface area contributed by atoms with E-state index in [4.69, 9.17) is 39.5 Å². The van der Waals surface area contributed by atoms with E-state index < -0.39 is 51.1 Å². The van der Waals surface area contributed by atoms with Crippen LogP contribution in [-0.4, -0.2) is 57.5 Å². The Balaban J connectivity index is 1.56. The number of ether oxygens (including phenoxy) is 1.